The zero-order valence-electron chi connectivity index (χ0n) is 11.1. The summed E-state index contributed by atoms with van der Waals surface area (Å²) in [4.78, 5) is 0. The molecule has 1 atom stereocenters. The Kier molecular flexibility index (Phi) is 4.76. The zero-order chi connectivity index (χ0) is 14.8. The topological polar surface area (TPSA) is 38.0 Å². The lowest BCUT2D eigenvalue weighted by Gasteiger charge is -2.18. The highest BCUT2D eigenvalue weighted by Crippen LogP contribution is 2.32. The van der Waals surface area contributed by atoms with Gasteiger partial charge in [0.2, 0.25) is 0 Å². The van der Waals surface area contributed by atoms with E-state index in [9.17, 15) is 0 Å². The molecule has 0 radical (unpaired) electrons. The maximum absolute atomic E-state index is 5.80. The molecule has 0 fully saturated rings. The molecule has 3 rings (SSSR count). The Hall–Kier alpha value is -0.720. The number of fused-ring (bicyclic) bond motifs is 1. The van der Waals surface area contributed by atoms with Crippen LogP contribution in [0, 0.1) is 0 Å². The quantitative estimate of drug-likeness (QED) is 0.446. The molecule has 21 heavy (non-hydrogen) atoms. The average molecular weight is 426 g/mol. The summed E-state index contributed by atoms with van der Waals surface area (Å²) in [5.41, 5.74) is 5.42. The third-order valence-corrected chi connectivity index (χ3v) is 5.75. The maximum Gasteiger partial charge on any atom is 0.0512 e. The van der Waals surface area contributed by atoms with Crippen LogP contribution < -0.4 is 11.3 Å². The standard InChI is InChI=1S/C16H14Br2N2S/c17-11-5-6-14(18)13(8-11)15(20-19)7-10-9-21-16-4-2-1-3-12(10)16/h1-6,8-9,15,20H,7,19H2. The lowest BCUT2D eigenvalue weighted by Crippen LogP contribution is -2.29. The second kappa shape index (κ2) is 6.58. The van der Waals surface area contributed by atoms with E-state index in [0.717, 1.165) is 20.9 Å². The summed E-state index contributed by atoms with van der Waals surface area (Å²) in [5.74, 6) is 5.80. The number of nitrogens with one attached hydrogen (secondary N) is 1. The fourth-order valence-electron chi connectivity index (χ4n) is 2.45. The van der Waals surface area contributed by atoms with Gasteiger partial charge in [-0.3, -0.25) is 11.3 Å². The molecule has 0 aliphatic heterocycles. The normalized spacial score (nSPS) is 12.7. The largest absolute Gasteiger partial charge is 0.271 e. The summed E-state index contributed by atoms with van der Waals surface area (Å²) in [5, 5.41) is 3.54. The maximum atomic E-state index is 5.80. The number of rotatable bonds is 4. The van der Waals surface area contributed by atoms with Gasteiger partial charge >= 0.3 is 0 Å². The van der Waals surface area contributed by atoms with Gasteiger partial charge in [0, 0.05) is 13.6 Å². The summed E-state index contributed by atoms with van der Waals surface area (Å²) >= 11 is 8.92. The van der Waals surface area contributed by atoms with Crippen LogP contribution in [0.4, 0.5) is 0 Å². The first kappa shape index (κ1) is 15.2. The second-order valence-corrected chi connectivity index (χ2v) is 7.53. The number of nitrogens with two attached hydrogens (primary N) is 1. The SMILES string of the molecule is NNC(Cc1csc2ccccc12)c1cc(Br)ccc1Br. The molecule has 1 unspecified atom stereocenters. The van der Waals surface area contributed by atoms with Crippen LogP contribution in [0.5, 0.6) is 0 Å². The molecule has 0 spiro atoms. The van der Waals surface area contributed by atoms with Crippen LogP contribution in [-0.4, -0.2) is 0 Å². The van der Waals surface area contributed by atoms with Crippen LogP contribution in [-0.2, 0) is 6.42 Å². The number of hydrogen-bond acceptors (Lipinski definition) is 3. The number of hydrogen-bond donors (Lipinski definition) is 2. The Morgan fingerprint density at radius 1 is 1.14 bits per heavy atom. The molecule has 1 heterocycles. The van der Waals surface area contributed by atoms with Crippen molar-refractivity contribution in [2.45, 2.75) is 12.5 Å². The van der Waals surface area contributed by atoms with Crippen molar-refractivity contribution in [2.24, 2.45) is 5.84 Å². The molecule has 2 nitrogen and oxygen atoms in total. The molecule has 2 aromatic carbocycles. The smallest absolute Gasteiger partial charge is 0.0512 e. The lowest BCUT2D eigenvalue weighted by molar-refractivity contribution is 0.552. The monoisotopic (exact) mass is 424 g/mol. The van der Waals surface area contributed by atoms with Crippen LogP contribution in [0.15, 0.2) is 56.8 Å². The predicted molar refractivity (Wildman–Crippen MR) is 97.4 cm³/mol. The van der Waals surface area contributed by atoms with Gasteiger partial charge in [-0.2, -0.15) is 0 Å². The summed E-state index contributed by atoms with van der Waals surface area (Å²) < 4.78 is 3.43. The predicted octanol–water partition coefficient (Wildman–Crippen LogP) is 5.17. The number of halogens is 2. The van der Waals surface area contributed by atoms with E-state index in [-0.39, 0.29) is 6.04 Å². The minimum absolute atomic E-state index is 0.0647. The third-order valence-electron chi connectivity index (χ3n) is 3.52. The Balaban J connectivity index is 1.96. The van der Waals surface area contributed by atoms with Gasteiger partial charge in [0.15, 0.2) is 0 Å². The van der Waals surface area contributed by atoms with E-state index < -0.39 is 0 Å². The molecule has 0 amide bonds. The highest BCUT2D eigenvalue weighted by atomic mass is 79.9. The van der Waals surface area contributed by atoms with Crippen LogP contribution in [0.25, 0.3) is 10.1 Å². The van der Waals surface area contributed by atoms with Crippen molar-refractivity contribution in [3.05, 3.63) is 67.9 Å². The molecule has 0 aliphatic rings. The molecule has 3 N–H and O–H groups in total. The highest BCUT2D eigenvalue weighted by Gasteiger charge is 2.16. The van der Waals surface area contributed by atoms with E-state index in [1.807, 2.05) is 12.1 Å². The van der Waals surface area contributed by atoms with Gasteiger partial charge in [-0.25, -0.2) is 0 Å². The van der Waals surface area contributed by atoms with Crippen molar-refractivity contribution in [1.29, 1.82) is 0 Å². The first-order valence-corrected chi connectivity index (χ1v) is 9.02. The average Bonchev–Trinajstić information content (AvgIpc) is 2.91. The lowest BCUT2D eigenvalue weighted by atomic mass is 9.99. The van der Waals surface area contributed by atoms with Crippen molar-refractivity contribution >= 4 is 53.3 Å². The molecular formula is C16H14Br2N2S. The number of thiophene rings is 1. The molecule has 3 aromatic rings. The summed E-state index contributed by atoms with van der Waals surface area (Å²) in [7, 11) is 0. The third kappa shape index (κ3) is 3.22. The van der Waals surface area contributed by atoms with E-state index >= 15 is 0 Å². The summed E-state index contributed by atoms with van der Waals surface area (Å²) in [6.45, 7) is 0. The van der Waals surface area contributed by atoms with Gasteiger partial charge in [0.05, 0.1) is 6.04 Å². The van der Waals surface area contributed by atoms with E-state index in [0.29, 0.717) is 0 Å². The van der Waals surface area contributed by atoms with Crippen LogP contribution in [0.2, 0.25) is 0 Å². The molecule has 0 saturated carbocycles. The highest BCUT2D eigenvalue weighted by molar-refractivity contribution is 9.11. The Morgan fingerprint density at radius 3 is 2.76 bits per heavy atom. The van der Waals surface area contributed by atoms with E-state index in [4.69, 9.17) is 5.84 Å². The van der Waals surface area contributed by atoms with Crippen LogP contribution in [0.1, 0.15) is 17.2 Å². The van der Waals surface area contributed by atoms with Gasteiger partial charge in [0.25, 0.3) is 0 Å². The molecule has 0 saturated heterocycles. The molecule has 108 valence electrons. The second-order valence-electron chi connectivity index (χ2n) is 4.85. The van der Waals surface area contributed by atoms with E-state index in [1.54, 1.807) is 11.3 Å². The summed E-state index contributed by atoms with van der Waals surface area (Å²) in [6, 6.07) is 14.7. The first-order chi connectivity index (χ1) is 10.2. The van der Waals surface area contributed by atoms with Gasteiger partial charge in [-0.05, 0) is 52.6 Å². The van der Waals surface area contributed by atoms with Crippen LogP contribution in [0.3, 0.4) is 0 Å². The van der Waals surface area contributed by atoms with Crippen LogP contribution >= 0.6 is 43.2 Å². The molecule has 5 heteroatoms. The molecule has 0 bridgehead atoms. The molecule has 1 aromatic heterocycles. The van der Waals surface area contributed by atoms with Crippen molar-refractivity contribution in [1.82, 2.24) is 5.43 Å². The Labute approximate surface area is 144 Å². The van der Waals surface area contributed by atoms with Crippen molar-refractivity contribution in [3.63, 3.8) is 0 Å². The fourth-order valence-corrected chi connectivity index (χ4v) is 4.33. The van der Waals surface area contributed by atoms with Gasteiger partial charge < -0.3 is 0 Å². The molecular weight excluding hydrogens is 412 g/mol. The summed E-state index contributed by atoms with van der Waals surface area (Å²) in [6.07, 6.45) is 0.857. The van der Waals surface area contributed by atoms with Gasteiger partial charge in [-0.1, -0.05) is 50.1 Å². The minimum atomic E-state index is 0.0647. The Morgan fingerprint density at radius 2 is 1.95 bits per heavy atom. The zero-order valence-corrected chi connectivity index (χ0v) is 15.1. The molecule has 0 aliphatic carbocycles. The Bertz CT molecular complexity index is 770. The number of benzene rings is 2. The fraction of sp³-hybridized carbons (Fsp3) is 0.125. The minimum Gasteiger partial charge on any atom is -0.271 e. The number of hydrazine groups is 1. The first-order valence-electron chi connectivity index (χ1n) is 6.55. The van der Waals surface area contributed by atoms with Crippen molar-refractivity contribution in [3.8, 4) is 0 Å². The van der Waals surface area contributed by atoms with Crippen molar-refractivity contribution in [2.75, 3.05) is 0 Å². The van der Waals surface area contributed by atoms with Gasteiger partial charge in [0.1, 0.15) is 0 Å². The van der Waals surface area contributed by atoms with E-state index in [2.05, 4.69) is 73.0 Å². The van der Waals surface area contributed by atoms with E-state index in [1.165, 1.54) is 15.6 Å². The van der Waals surface area contributed by atoms with Gasteiger partial charge in [-0.15, -0.1) is 11.3 Å². The van der Waals surface area contributed by atoms with Crippen molar-refractivity contribution < 1.29 is 0 Å².